The molecule has 0 fully saturated rings. The van der Waals surface area contributed by atoms with Crippen molar-refractivity contribution < 1.29 is 4.74 Å². The number of aryl methyl sites for hydroxylation is 1. The van der Waals surface area contributed by atoms with Crippen LogP contribution in [0.5, 0.6) is 5.75 Å². The van der Waals surface area contributed by atoms with Gasteiger partial charge in [-0.3, -0.25) is 4.98 Å². The summed E-state index contributed by atoms with van der Waals surface area (Å²) in [6, 6.07) is 9.78. The van der Waals surface area contributed by atoms with Gasteiger partial charge in [0.05, 0.1) is 28.7 Å². The number of ether oxygens (including phenoxy) is 1. The summed E-state index contributed by atoms with van der Waals surface area (Å²) in [4.78, 5) is 8.80. The Kier molecular flexibility index (Phi) is 3.05. The normalized spacial score (nSPS) is 10.6. The van der Waals surface area contributed by atoms with Gasteiger partial charge in [0.2, 0.25) is 0 Å². The molecule has 0 spiro atoms. The number of aromatic nitrogens is 2. The number of thiazole rings is 1. The van der Waals surface area contributed by atoms with E-state index >= 15 is 0 Å². The fraction of sp³-hybridized carbons (Fsp3) is 0.143. The molecule has 96 valence electrons. The number of benzene rings is 1. The van der Waals surface area contributed by atoms with Gasteiger partial charge in [0.15, 0.2) is 5.13 Å². The highest BCUT2D eigenvalue weighted by atomic mass is 32.1. The molecule has 3 aromatic rings. The van der Waals surface area contributed by atoms with Gasteiger partial charge >= 0.3 is 0 Å². The van der Waals surface area contributed by atoms with E-state index in [1.165, 1.54) is 0 Å². The van der Waals surface area contributed by atoms with Gasteiger partial charge in [-0.25, -0.2) is 4.98 Å². The second-order valence-electron chi connectivity index (χ2n) is 4.11. The molecule has 2 heterocycles. The molecule has 2 aromatic heterocycles. The topological polar surface area (TPSA) is 47.0 Å². The van der Waals surface area contributed by atoms with E-state index in [-0.39, 0.29) is 0 Å². The van der Waals surface area contributed by atoms with Crippen LogP contribution in [-0.2, 0) is 0 Å². The van der Waals surface area contributed by atoms with Gasteiger partial charge in [0.1, 0.15) is 5.75 Å². The van der Waals surface area contributed by atoms with E-state index in [0.29, 0.717) is 0 Å². The minimum absolute atomic E-state index is 0.847. The van der Waals surface area contributed by atoms with E-state index in [1.807, 2.05) is 37.3 Å². The molecule has 0 saturated heterocycles. The number of anilines is 2. The Labute approximate surface area is 115 Å². The molecule has 1 aromatic carbocycles. The number of pyridine rings is 1. The van der Waals surface area contributed by atoms with Gasteiger partial charge in [-0.05, 0) is 37.3 Å². The summed E-state index contributed by atoms with van der Waals surface area (Å²) in [7, 11) is 1.67. The van der Waals surface area contributed by atoms with Crippen LogP contribution in [0, 0.1) is 6.92 Å². The van der Waals surface area contributed by atoms with Crippen LogP contribution in [0.15, 0.2) is 36.5 Å². The van der Waals surface area contributed by atoms with Crippen LogP contribution in [0.1, 0.15) is 5.69 Å². The zero-order valence-electron chi connectivity index (χ0n) is 10.7. The molecular weight excluding hydrogens is 258 g/mol. The molecule has 0 amide bonds. The molecule has 0 saturated carbocycles. The van der Waals surface area contributed by atoms with Crippen molar-refractivity contribution in [2.24, 2.45) is 0 Å². The van der Waals surface area contributed by atoms with Crippen molar-refractivity contribution in [2.45, 2.75) is 6.92 Å². The van der Waals surface area contributed by atoms with Crippen LogP contribution in [-0.4, -0.2) is 17.1 Å². The molecule has 0 aliphatic heterocycles. The summed E-state index contributed by atoms with van der Waals surface area (Å²) < 4.78 is 6.32. The van der Waals surface area contributed by atoms with Crippen molar-refractivity contribution in [2.75, 3.05) is 12.4 Å². The van der Waals surface area contributed by atoms with Gasteiger partial charge in [-0.1, -0.05) is 11.3 Å². The SMILES string of the molecule is COc1ccc2nc(Nc3cccnc3C)sc2c1. The van der Waals surface area contributed by atoms with Crippen LogP contribution >= 0.6 is 11.3 Å². The number of hydrogen-bond donors (Lipinski definition) is 1. The smallest absolute Gasteiger partial charge is 0.188 e. The second kappa shape index (κ2) is 4.85. The second-order valence-corrected chi connectivity index (χ2v) is 5.14. The Morgan fingerprint density at radius 3 is 2.95 bits per heavy atom. The number of hydrogen-bond acceptors (Lipinski definition) is 5. The number of nitrogens with one attached hydrogen (secondary N) is 1. The van der Waals surface area contributed by atoms with E-state index in [9.17, 15) is 0 Å². The molecular formula is C14H13N3OS. The molecule has 0 bridgehead atoms. The van der Waals surface area contributed by atoms with Gasteiger partial charge in [0, 0.05) is 6.20 Å². The van der Waals surface area contributed by atoms with E-state index in [1.54, 1.807) is 24.6 Å². The molecule has 0 aliphatic rings. The number of fused-ring (bicyclic) bond motifs is 1. The third kappa shape index (κ3) is 2.37. The van der Waals surface area contributed by atoms with Crippen molar-refractivity contribution in [1.82, 2.24) is 9.97 Å². The van der Waals surface area contributed by atoms with Crippen LogP contribution in [0.4, 0.5) is 10.8 Å². The molecule has 1 N–H and O–H groups in total. The lowest BCUT2D eigenvalue weighted by molar-refractivity contribution is 0.415. The largest absolute Gasteiger partial charge is 0.497 e. The maximum absolute atomic E-state index is 5.22. The van der Waals surface area contributed by atoms with Crippen molar-refractivity contribution in [1.29, 1.82) is 0 Å². The molecule has 19 heavy (non-hydrogen) atoms. The summed E-state index contributed by atoms with van der Waals surface area (Å²) in [5.74, 6) is 0.847. The fourth-order valence-electron chi connectivity index (χ4n) is 1.82. The van der Waals surface area contributed by atoms with E-state index in [4.69, 9.17) is 4.74 Å². The predicted octanol–water partition coefficient (Wildman–Crippen LogP) is 3.75. The minimum atomic E-state index is 0.847. The van der Waals surface area contributed by atoms with E-state index in [2.05, 4.69) is 15.3 Å². The minimum Gasteiger partial charge on any atom is -0.497 e. The first-order valence-electron chi connectivity index (χ1n) is 5.89. The average Bonchev–Trinajstić information content (AvgIpc) is 2.82. The van der Waals surface area contributed by atoms with Crippen LogP contribution in [0.3, 0.4) is 0 Å². The Hall–Kier alpha value is -2.14. The maximum atomic E-state index is 5.22. The zero-order chi connectivity index (χ0) is 13.2. The molecule has 0 unspecified atom stereocenters. The summed E-state index contributed by atoms with van der Waals surface area (Å²) in [6.07, 6.45) is 1.78. The molecule has 5 heteroatoms. The first kappa shape index (κ1) is 11.9. The molecule has 0 radical (unpaired) electrons. The van der Waals surface area contributed by atoms with Crippen LogP contribution < -0.4 is 10.1 Å². The molecule has 0 atom stereocenters. The Morgan fingerprint density at radius 2 is 2.16 bits per heavy atom. The summed E-state index contributed by atoms with van der Waals surface area (Å²) >= 11 is 1.60. The highest BCUT2D eigenvalue weighted by molar-refractivity contribution is 7.22. The molecule has 0 aliphatic carbocycles. The number of nitrogens with zero attached hydrogens (tertiary/aromatic N) is 2. The van der Waals surface area contributed by atoms with Gasteiger partial charge < -0.3 is 10.1 Å². The number of methoxy groups -OCH3 is 1. The van der Waals surface area contributed by atoms with Crippen molar-refractivity contribution in [3.8, 4) is 5.75 Å². The third-order valence-electron chi connectivity index (χ3n) is 2.84. The monoisotopic (exact) mass is 271 g/mol. The van der Waals surface area contributed by atoms with Gasteiger partial charge in [-0.15, -0.1) is 0 Å². The predicted molar refractivity (Wildman–Crippen MR) is 78.4 cm³/mol. The first-order chi connectivity index (χ1) is 9.26. The van der Waals surface area contributed by atoms with Crippen molar-refractivity contribution >= 4 is 32.4 Å². The Bertz CT molecular complexity index is 724. The fourth-order valence-corrected chi connectivity index (χ4v) is 2.72. The van der Waals surface area contributed by atoms with Crippen LogP contribution in [0.25, 0.3) is 10.2 Å². The van der Waals surface area contributed by atoms with Crippen LogP contribution in [0.2, 0.25) is 0 Å². The van der Waals surface area contributed by atoms with E-state index in [0.717, 1.165) is 32.5 Å². The maximum Gasteiger partial charge on any atom is 0.188 e. The Morgan fingerprint density at radius 1 is 1.26 bits per heavy atom. The molecule has 4 nitrogen and oxygen atoms in total. The lowest BCUT2D eigenvalue weighted by Crippen LogP contribution is -1.93. The highest BCUT2D eigenvalue weighted by Crippen LogP contribution is 2.31. The summed E-state index contributed by atoms with van der Waals surface area (Å²) in [5.41, 5.74) is 2.91. The summed E-state index contributed by atoms with van der Waals surface area (Å²) in [5, 5.41) is 4.16. The lowest BCUT2D eigenvalue weighted by Gasteiger charge is -2.04. The lowest BCUT2D eigenvalue weighted by atomic mass is 10.3. The average molecular weight is 271 g/mol. The summed E-state index contributed by atoms with van der Waals surface area (Å²) in [6.45, 7) is 1.97. The van der Waals surface area contributed by atoms with Crippen molar-refractivity contribution in [3.05, 3.63) is 42.2 Å². The van der Waals surface area contributed by atoms with E-state index < -0.39 is 0 Å². The Balaban J connectivity index is 1.95. The highest BCUT2D eigenvalue weighted by Gasteiger charge is 2.06. The zero-order valence-corrected chi connectivity index (χ0v) is 11.5. The quantitative estimate of drug-likeness (QED) is 0.788. The third-order valence-corrected chi connectivity index (χ3v) is 3.78. The molecule has 3 rings (SSSR count). The number of rotatable bonds is 3. The standard InChI is InChI=1S/C14H13N3OS/c1-9-11(4-3-7-15-9)16-14-17-12-6-5-10(18-2)8-13(12)19-14/h3-8H,1-2H3,(H,16,17). The van der Waals surface area contributed by atoms with Gasteiger partial charge in [-0.2, -0.15) is 0 Å². The van der Waals surface area contributed by atoms with Gasteiger partial charge in [0.25, 0.3) is 0 Å². The van der Waals surface area contributed by atoms with Crippen molar-refractivity contribution in [3.63, 3.8) is 0 Å². The first-order valence-corrected chi connectivity index (χ1v) is 6.71.